The maximum atomic E-state index is 11.8. The van der Waals surface area contributed by atoms with E-state index in [1.807, 2.05) is 19.1 Å². The quantitative estimate of drug-likeness (QED) is 0.603. The van der Waals surface area contributed by atoms with Gasteiger partial charge in [-0.2, -0.15) is 0 Å². The number of esters is 1. The molecule has 0 unspecified atom stereocenters. The number of allylic oxidation sites excluding steroid dienone is 8. The normalized spacial score (nSPS) is 26.2. The first-order valence-electron chi connectivity index (χ1n) is 10.1. The second-order valence-corrected chi connectivity index (χ2v) is 6.93. The first-order valence-corrected chi connectivity index (χ1v) is 10.1. The zero-order valence-corrected chi connectivity index (χ0v) is 17.0. The minimum atomic E-state index is -0.727. The van der Waals surface area contributed by atoms with E-state index in [0.717, 1.165) is 19.3 Å². The summed E-state index contributed by atoms with van der Waals surface area (Å²) in [6.45, 7) is 1.86. The van der Waals surface area contributed by atoms with E-state index in [2.05, 4.69) is 0 Å². The third kappa shape index (κ3) is 14.2. The Morgan fingerprint density at radius 1 is 0.897 bits per heavy atom. The van der Waals surface area contributed by atoms with E-state index < -0.39 is 12.2 Å². The van der Waals surface area contributed by atoms with E-state index in [9.17, 15) is 19.8 Å². The molecule has 0 aromatic rings. The van der Waals surface area contributed by atoms with E-state index in [0.29, 0.717) is 12.8 Å². The molecule has 0 aliphatic carbocycles. The Labute approximate surface area is 173 Å². The van der Waals surface area contributed by atoms with Crippen molar-refractivity contribution in [1.29, 1.82) is 0 Å². The summed E-state index contributed by atoms with van der Waals surface area (Å²) in [5.74, 6) is -0.516. The molecule has 1 rings (SSSR count). The summed E-state index contributed by atoms with van der Waals surface area (Å²) in [6, 6.07) is 0. The number of carbonyl (C=O) groups excluding carboxylic acids is 2. The molecule has 0 saturated heterocycles. The summed E-state index contributed by atoms with van der Waals surface area (Å²) >= 11 is 0. The van der Waals surface area contributed by atoms with Crippen molar-refractivity contribution in [2.24, 2.45) is 0 Å². The molecule has 5 nitrogen and oxygen atoms in total. The molecule has 0 bridgehead atoms. The van der Waals surface area contributed by atoms with Crippen LogP contribution in [0.25, 0.3) is 0 Å². The summed E-state index contributed by atoms with van der Waals surface area (Å²) in [5, 5.41) is 19.8. The van der Waals surface area contributed by atoms with Gasteiger partial charge in [0.15, 0.2) is 5.78 Å². The minimum Gasteiger partial charge on any atom is -0.460 e. The van der Waals surface area contributed by atoms with Crippen molar-refractivity contribution in [3.63, 3.8) is 0 Å². The van der Waals surface area contributed by atoms with Gasteiger partial charge in [0.05, 0.1) is 18.3 Å². The lowest BCUT2D eigenvalue weighted by molar-refractivity contribution is -0.142. The van der Waals surface area contributed by atoms with E-state index in [4.69, 9.17) is 4.74 Å². The lowest BCUT2D eigenvalue weighted by Gasteiger charge is -2.10. The average Bonchev–Trinajstić information content (AvgIpc) is 2.65. The average molecular weight is 401 g/mol. The van der Waals surface area contributed by atoms with Crippen LogP contribution in [0.4, 0.5) is 0 Å². The Morgan fingerprint density at radius 2 is 1.59 bits per heavy atom. The SMILES string of the molecule is C[C@@H]1CCCC=CC=CC(=O)C[C@@H](O)CC=CC=C[C@@H](O)CC=CC=CC(=O)O1. The molecule has 0 aromatic carbocycles. The fourth-order valence-electron chi connectivity index (χ4n) is 2.56. The van der Waals surface area contributed by atoms with Gasteiger partial charge in [0.1, 0.15) is 0 Å². The van der Waals surface area contributed by atoms with E-state index in [-0.39, 0.29) is 24.3 Å². The Morgan fingerprint density at radius 3 is 2.41 bits per heavy atom. The van der Waals surface area contributed by atoms with Gasteiger partial charge in [0.2, 0.25) is 0 Å². The van der Waals surface area contributed by atoms with Crippen LogP contribution >= 0.6 is 0 Å². The molecule has 1 aliphatic heterocycles. The van der Waals surface area contributed by atoms with Crippen molar-refractivity contribution in [2.45, 2.75) is 63.8 Å². The number of rotatable bonds is 0. The molecule has 0 spiro atoms. The van der Waals surface area contributed by atoms with Crippen molar-refractivity contribution in [2.75, 3.05) is 0 Å². The van der Waals surface area contributed by atoms with E-state index in [1.54, 1.807) is 48.6 Å². The van der Waals surface area contributed by atoms with Gasteiger partial charge in [-0.3, -0.25) is 4.79 Å². The Balaban J connectivity index is 2.67. The number of ether oxygens (including phenoxy) is 1. The number of hydrogen-bond acceptors (Lipinski definition) is 5. The Bertz CT molecular complexity index is 667. The molecular formula is C24H32O5. The van der Waals surface area contributed by atoms with Crippen LogP contribution in [0.1, 0.15) is 45.4 Å². The highest BCUT2D eigenvalue weighted by molar-refractivity contribution is 5.90. The van der Waals surface area contributed by atoms with Crippen LogP contribution in [0.3, 0.4) is 0 Å². The summed E-state index contributed by atoms with van der Waals surface area (Å²) in [4.78, 5) is 23.5. The highest BCUT2D eigenvalue weighted by Crippen LogP contribution is 2.07. The molecule has 3 atom stereocenters. The second-order valence-electron chi connectivity index (χ2n) is 6.93. The maximum absolute atomic E-state index is 11.8. The molecule has 2 N–H and O–H groups in total. The molecule has 0 saturated carbocycles. The number of aliphatic hydroxyl groups excluding tert-OH is 2. The molecule has 29 heavy (non-hydrogen) atoms. The van der Waals surface area contributed by atoms with Gasteiger partial charge >= 0.3 is 5.97 Å². The van der Waals surface area contributed by atoms with Gasteiger partial charge in [0.25, 0.3) is 0 Å². The summed E-state index contributed by atoms with van der Waals surface area (Å²) in [7, 11) is 0. The molecule has 0 fully saturated rings. The predicted molar refractivity (Wildman–Crippen MR) is 115 cm³/mol. The van der Waals surface area contributed by atoms with E-state index >= 15 is 0 Å². The summed E-state index contributed by atoms with van der Waals surface area (Å²) < 4.78 is 5.30. The van der Waals surface area contributed by atoms with Crippen molar-refractivity contribution >= 4 is 11.8 Å². The molecule has 0 aromatic heterocycles. The van der Waals surface area contributed by atoms with Crippen LogP contribution in [0.5, 0.6) is 0 Å². The van der Waals surface area contributed by atoms with Gasteiger partial charge in [-0.1, -0.05) is 60.8 Å². The summed E-state index contributed by atoms with van der Waals surface area (Å²) in [6.07, 6.45) is 21.9. The third-order valence-electron chi connectivity index (χ3n) is 4.11. The Hall–Kier alpha value is -2.50. The lowest BCUT2D eigenvalue weighted by atomic mass is 10.1. The van der Waals surface area contributed by atoms with Gasteiger partial charge in [-0.25, -0.2) is 4.79 Å². The zero-order chi connectivity index (χ0) is 21.3. The third-order valence-corrected chi connectivity index (χ3v) is 4.11. The molecule has 5 heteroatoms. The summed E-state index contributed by atoms with van der Waals surface area (Å²) in [5.41, 5.74) is 0. The number of carbonyl (C=O) groups is 2. The molecular weight excluding hydrogens is 368 g/mol. The topological polar surface area (TPSA) is 83.8 Å². The Kier molecular flexibility index (Phi) is 13.1. The molecule has 0 amide bonds. The van der Waals surface area contributed by atoms with Gasteiger partial charge in [0, 0.05) is 12.5 Å². The van der Waals surface area contributed by atoms with E-state index in [1.165, 1.54) is 12.2 Å². The first-order chi connectivity index (χ1) is 14.0. The second kappa shape index (κ2) is 15.4. The first kappa shape index (κ1) is 24.5. The van der Waals surface area contributed by atoms with Crippen LogP contribution in [0.2, 0.25) is 0 Å². The zero-order valence-electron chi connectivity index (χ0n) is 17.0. The van der Waals surface area contributed by atoms with Crippen LogP contribution < -0.4 is 0 Å². The molecule has 0 radical (unpaired) electrons. The van der Waals surface area contributed by atoms with Crippen LogP contribution in [-0.2, 0) is 14.3 Å². The van der Waals surface area contributed by atoms with Gasteiger partial charge < -0.3 is 14.9 Å². The fraction of sp³-hybridized carbons (Fsp3) is 0.417. The highest BCUT2D eigenvalue weighted by atomic mass is 16.5. The monoisotopic (exact) mass is 400 g/mol. The highest BCUT2D eigenvalue weighted by Gasteiger charge is 2.07. The van der Waals surface area contributed by atoms with Crippen molar-refractivity contribution in [1.82, 2.24) is 0 Å². The number of aliphatic hydroxyl groups is 2. The predicted octanol–water partition coefficient (Wildman–Crippen LogP) is 3.90. The smallest absolute Gasteiger partial charge is 0.331 e. The number of cyclic esters (lactones) is 1. The molecule has 158 valence electrons. The van der Waals surface area contributed by atoms with Crippen LogP contribution in [0.15, 0.2) is 72.9 Å². The standard InChI is InChI=1S/C24H32O5/c1-20-13-7-3-2-4-8-16-22(26)19-23(27)17-11-5-9-14-21(25)15-10-6-12-18-24(28)29-20/h2,4-6,8-12,14,16,18,20-21,23,25,27H,3,7,13,15,17,19H2,1H3/t20-,21-,23+/m1/s1. The van der Waals surface area contributed by atoms with Crippen LogP contribution in [-0.4, -0.2) is 40.3 Å². The van der Waals surface area contributed by atoms with Gasteiger partial charge in [-0.05, 0) is 45.1 Å². The van der Waals surface area contributed by atoms with Crippen molar-refractivity contribution in [3.05, 3.63) is 72.9 Å². The van der Waals surface area contributed by atoms with Crippen molar-refractivity contribution < 1.29 is 24.5 Å². The van der Waals surface area contributed by atoms with Gasteiger partial charge in [-0.15, -0.1) is 0 Å². The number of hydrogen-bond donors (Lipinski definition) is 2. The molecule has 1 aliphatic rings. The van der Waals surface area contributed by atoms with Crippen molar-refractivity contribution in [3.8, 4) is 0 Å². The minimum absolute atomic E-state index is 0.0716. The lowest BCUT2D eigenvalue weighted by Crippen LogP contribution is -2.12. The number of ketones is 1. The fourth-order valence-corrected chi connectivity index (χ4v) is 2.56. The maximum Gasteiger partial charge on any atom is 0.331 e. The largest absolute Gasteiger partial charge is 0.460 e. The van der Waals surface area contributed by atoms with Crippen LogP contribution in [0, 0.1) is 0 Å². The molecule has 1 heterocycles.